The van der Waals surface area contributed by atoms with E-state index in [0.29, 0.717) is 23.2 Å². The number of nitrogens with zero attached hydrogens (tertiary/aromatic N) is 3. The second-order valence-electron chi connectivity index (χ2n) is 6.12. The number of amides is 1. The van der Waals surface area contributed by atoms with E-state index in [2.05, 4.69) is 15.6 Å². The summed E-state index contributed by atoms with van der Waals surface area (Å²) >= 11 is 0. The molecule has 1 N–H and O–H groups in total. The van der Waals surface area contributed by atoms with Crippen LogP contribution in [0.1, 0.15) is 40.7 Å². The molecule has 0 radical (unpaired) electrons. The summed E-state index contributed by atoms with van der Waals surface area (Å²) in [7, 11) is 1.63. The maximum atomic E-state index is 12.5. The molecule has 128 valence electrons. The summed E-state index contributed by atoms with van der Waals surface area (Å²) < 4.78 is 12.0. The average molecular weight is 338 g/mol. The maximum Gasteiger partial charge on any atom is 0.277 e. The molecule has 0 atom stereocenters. The van der Waals surface area contributed by atoms with E-state index in [9.17, 15) is 4.79 Å². The van der Waals surface area contributed by atoms with Gasteiger partial charge in [0.15, 0.2) is 11.5 Å². The van der Waals surface area contributed by atoms with Crippen molar-refractivity contribution in [1.29, 1.82) is 0 Å². The van der Waals surface area contributed by atoms with Gasteiger partial charge in [0.05, 0.1) is 12.8 Å². The number of methoxy groups -OCH3 is 1. The monoisotopic (exact) mass is 338 g/mol. The molecule has 1 aromatic carbocycles. The van der Waals surface area contributed by atoms with Crippen LogP contribution in [0.15, 0.2) is 40.9 Å². The van der Waals surface area contributed by atoms with Gasteiger partial charge in [-0.3, -0.25) is 4.79 Å². The molecule has 7 nitrogen and oxygen atoms in total. The Morgan fingerprint density at radius 2 is 2.04 bits per heavy atom. The van der Waals surface area contributed by atoms with Gasteiger partial charge in [0, 0.05) is 17.7 Å². The molecule has 1 saturated carbocycles. The van der Waals surface area contributed by atoms with Crippen molar-refractivity contribution in [3.8, 4) is 11.4 Å². The van der Waals surface area contributed by atoms with Crippen molar-refractivity contribution < 1.29 is 14.1 Å². The Labute approximate surface area is 144 Å². The Balaban J connectivity index is 1.64. The second-order valence-corrected chi connectivity index (χ2v) is 6.12. The lowest BCUT2D eigenvalue weighted by Gasteiger charge is -2.07. The first-order chi connectivity index (χ1) is 12.1. The molecule has 2 aromatic heterocycles. The third-order valence-corrected chi connectivity index (χ3v) is 4.15. The fourth-order valence-corrected chi connectivity index (χ4v) is 2.71. The first-order valence-electron chi connectivity index (χ1n) is 8.13. The molecule has 1 aliphatic rings. The maximum absolute atomic E-state index is 12.5. The molecule has 3 aromatic rings. The highest BCUT2D eigenvalue weighted by Gasteiger charge is 2.30. The van der Waals surface area contributed by atoms with Gasteiger partial charge in [-0.25, -0.2) is 4.68 Å². The Hall–Kier alpha value is -3.09. The molecular formula is C18H18N4O3. The molecule has 25 heavy (non-hydrogen) atoms. The molecule has 2 heterocycles. The number of carbonyl (C=O) groups is 1. The quantitative estimate of drug-likeness (QED) is 0.772. The van der Waals surface area contributed by atoms with Crippen LogP contribution in [-0.2, 0) is 0 Å². The van der Waals surface area contributed by atoms with Crippen LogP contribution in [0.4, 0.5) is 5.82 Å². The van der Waals surface area contributed by atoms with Gasteiger partial charge in [0.25, 0.3) is 5.91 Å². The van der Waals surface area contributed by atoms with Gasteiger partial charge in [-0.15, -0.1) is 0 Å². The van der Waals surface area contributed by atoms with E-state index in [1.807, 2.05) is 35.0 Å². The third-order valence-electron chi connectivity index (χ3n) is 4.15. The largest absolute Gasteiger partial charge is 0.497 e. The van der Waals surface area contributed by atoms with E-state index >= 15 is 0 Å². The molecular weight excluding hydrogens is 320 g/mol. The van der Waals surface area contributed by atoms with Crippen LogP contribution in [-0.4, -0.2) is 28.0 Å². The van der Waals surface area contributed by atoms with Gasteiger partial charge in [-0.1, -0.05) is 5.16 Å². The van der Waals surface area contributed by atoms with Crippen molar-refractivity contribution in [1.82, 2.24) is 14.9 Å². The highest BCUT2D eigenvalue weighted by Crippen LogP contribution is 2.41. The van der Waals surface area contributed by atoms with Crippen molar-refractivity contribution in [2.45, 2.75) is 25.7 Å². The SMILES string of the molecule is COc1ccc(-n2nc(C(=O)Nc3cc(C)on3)cc2C2CC2)cc1. The molecule has 1 aliphatic carbocycles. The lowest BCUT2D eigenvalue weighted by molar-refractivity contribution is 0.102. The van der Waals surface area contributed by atoms with Gasteiger partial charge in [-0.05, 0) is 50.1 Å². The minimum absolute atomic E-state index is 0.303. The Morgan fingerprint density at radius 3 is 2.64 bits per heavy atom. The summed E-state index contributed by atoms with van der Waals surface area (Å²) in [6.07, 6.45) is 2.23. The van der Waals surface area contributed by atoms with Crippen LogP contribution in [0.2, 0.25) is 0 Å². The minimum Gasteiger partial charge on any atom is -0.497 e. The van der Waals surface area contributed by atoms with Crippen molar-refractivity contribution in [2.24, 2.45) is 0 Å². The number of ether oxygens (including phenoxy) is 1. The lowest BCUT2D eigenvalue weighted by atomic mass is 10.2. The fourth-order valence-electron chi connectivity index (χ4n) is 2.71. The van der Waals surface area contributed by atoms with Crippen LogP contribution >= 0.6 is 0 Å². The number of anilines is 1. The molecule has 0 saturated heterocycles. The minimum atomic E-state index is -0.303. The zero-order chi connectivity index (χ0) is 17.4. The molecule has 4 rings (SSSR count). The smallest absolute Gasteiger partial charge is 0.277 e. The number of rotatable bonds is 5. The van der Waals surface area contributed by atoms with Gasteiger partial charge in [0.2, 0.25) is 0 Å². The molecule has 1 fully saturated rings. The Morgan fingerprint density at radius 1 is 1.28 bits per heavy atom. The van der Waals surface area contributed by atoms with E-state index in [0.717, 1.165) is 30.0 Å². The standard InChI is InChI=1S/C18H18N4O3/c1-11-9-17(21-25-11)19-18(23)15-10-16(12-3-4-12)22(20-15)13-5-7-14(24-2)8-6-13/h5-10,12H,3-4H2,1-2H3,(H,19,21,23). The summed E-state index contributed by atoms with van der Waals surface area (Å²) in [4.78, 5) is 12.5. The van der Waals surface area contributed by atoms with E-state index in [1.54, 1.807) is 20.1 Å². The summed E-state index contributed by atoms with van der Waals surface area (Å²) in [6.45, 7) is 1.77. The Kier molecular flexibility index (Phi) is 3.76. The number of hydrogen-bond acceptors (Lipinski definition) is 5. The van der Waals surface area contributed by atoms with Crippen molar-refractivity contribution in [2.75, 3.05) is 12.4 Å². The van der Waals surface area contributed by atoms with Crippen LogP contribution in [0.3, 0.4) is 0 Å². The zero-order valence-electron chi connectivity index (χ0n) is 14.0. The second kappa shape index (κ2) is 6.08. The highest BCUT2D eigenvalue weighted by atomic mass is 16.5. The van der Waals surface area contributed by atoms with Gasteiger partial charge >= 0.3 is 0 Å². The van der Waals surface area contributed by atoms with Gasteiger partial charge < -0.3 is 14.6 Å². The third kappa shape index (κ3) is 3.13. The number of aryl methyl sites for hydroxylation is 1. The highest BCUT2D eigenvalue weighted by molar-refractivity contribution is 6.02. The van der Waals surface area contributed by atoms with Crippen LogP contribution in [0.25, 0.3) is 5.69 Å². The van der Waals surface area contributed by atoms with Crippen LogP contribution < -0.4 is 10.1 Å². The molecule has 7 heteroatoms. The molecule has 1 amide bonds. The molecule has 0 spiro atoms. The number of benzene rings is 1. The summed E-state index contributed by atoms with van der Waals surface area (Å²) in [5.74, 6) is 1.95. The summed E-state index contributed by atoms with van der Waals surface area (Å²) in [5, 5.41) is 11.0. The number of aromatic nitrogens is 3. The summed E-state index contributed by atoms with van der Waals surface area (Å²) in [5.41, 5.74) is 2.31. The number of hydrogen-bond donors (Lipinski definition) is 1. The Bertz CT molecular complexity index is 907. The summed E-state index contributed by atoms with van der Waals surface area (Å²) in [6, 6.07) is 11.1. The fraction of sp³-hybridized carbons (Fsp3) is 0.278. The van der Waals surface area contributed by atoms with Crippen molar-refractivity contribution >= 4 is 11.7 Å². The van der Waals surface area contributed by atoms with E-state index in [4.69, 9.17) is 9.26 Å². The van der Waals surface area contributed by atoms with Crippen molar-refractivity contribution in [3.63, 3.8) is 0 Å². The average Bonchev–Trinajstić information content (AvgIpc) is 3.24. The van der Waals surface area contributed by atoms with E-state index in [1.165, 1.54) is 0 Å². The first kappa shape index (κ1) is 15.4. The van der Waals surface area contributed by atoms with Gasteiger partial charge in [0.1, 0.15) is 11.5 Å². The van der Waals surface area contributed by atoms with Crippen LogP contribution in [0, 0.1) is 6.92 Å². The van der Waals surface area contributed by atoms with E-state index in [-0.39, 0.29) is 5.91 Å². The number of nitrogens with one attached hydrogen (secondary N) is 1. The van der Waals surface area contributed by atoms with Crippen LogP contribution in [0.5, 0.6) is 5.75 Å². The lowest BCUT2D eigenvalue weighted by Crippen LogP contribution is -2.13. The predicted molar refractivity (Wildman–Crippen MR) is 91.3 cm³/mol. The molecule has 0 unspecified atom stereocenters. The topological polar surface area (TPSA) is 82.2 Å². The van der Waals surface area contributed by atoms with E-state index < -0.39 is 0 Å². The normalized spacial score (nSPS) is 13.7. The predicted octanol–water partition coefficient (Wildman–Crippen LogP) is 3.31. The van der Waals surface area contributed by atoms with Gasteiger partial charge in [-0.2, -0.15) is 5.10 Å². The zero-order valence-corrected chi connectivity index (χ0v) is 14.0. The number of carbonyl (C=O) groups excluding carboxylic acids is 1. The molecule has 0 aliphatic heterocycles. The first-order valence-corrected chi connectivity index (χ1v) is 8.13. The molecule has 0 bridgehead atoms. The van der Waals surface area contributed by atoms with Crippen molar-refractivity contribution in [3.05, 3.63) is 53.5 Å².